The molecule has 110 valence electrons. The number of allylic oxidation sites excluding steroid dienone is 2. The summed E-state index contributed by atoms with van der Waals surface area (Å²) in [4.78, 5) is 0. The van der Waals surface area contributed by atoms with Gasteiger partial charge in [-0.25, -0.2) is 0 Å². The van der Waals surface area contributed by atoms with Gasteiger partial charge in [0.25, 0.3) is 0 Å². The van der Waals surface area contributed by atoms with E-state index in [0.29, 0.717) is 0 Å². The number of rotatable bonds is 7. The van der Waals surface area contributed by atoms with Crippen LogP contribution in [-0.4, -0.2) is 14.4 Å². The molecule has 1 nitrogen and oxygen atoms in total. The van der Waals surface area contributed by atoms with E-state index < -0.39 is 8.32 Å². The largest absolute Gasteiger partial charge is 0.403 e. The molecule has 0 aromatic carbocycles. The summed E-state index contributed by atoms with van der Waals surface area (Å²) in [6.45, 7) is 15.6. The zero-order chi connectivity index (χ0) is 15.1. The minimum atomic E-state index is -1.73. The van der Waals surface area contributed by atoms with E-state index in [0.717, 1.165) is 19.3 Å². The molecule has 0 heterocycles. The van der Waals surface area contributed by atoms with Crippen molar-refractivity contribution in [2.24, 2.45) is 0 Å². The number of unbranched alkanes of at least 4 members (excludes halogenated alkanes) is 2. The van der Waals surface area contributed by atoms with Crippen LogP contribution in [-0.2, 0) is 4.43 Å². The van der Waals surface area contributed by atoms with Crippen LogP contribution in [0.2, 0.25) is 18.1 Å². The Labute approximate surface area is 122 Å². The Bertz CT molecular complexity index is 324. The van der Waals surface area contributed by atoms with E-state index in [1.165, 1.54) is 12.0 Å². The van der Waals surface area contributed by atoms with Crippen LogP contribution >= 0.6 is 0 Å². The van der Waals surface area contributed by atoms with Crippen LogP contribution in [0.5, 0.6) is 0 Å². The predicted octanol–water partition coefficient (Wildman–Crippen LogP) is 5.54. The van der Waals surface area contributed by atoms with E-state index in [-0.39, 0.29) is 11.1 Å². The molecule has 0 aliphatic heterocycles. The second kappa shape index (κ2) is 7.92. The zero-order valence-electron chi connectivity index (χ0n) is 14.0. The van der Waals surface area contributed by atoms with Crippen molar-refractivity contribution in [1.29, 1.82) is 0 Å². The summed E-state index contributed by atoms with van der Waals surface area (Å²) in [6.07, 6.45) is 12.4. The maximum Gasteiger partial charge on any atom is 0.193 e. The molecular weight excluding hydrogens is 248 g/mol. The van der Waals surface area contributed by atoms with Gasteiger partial charge >= 0.3 is 0 Å². The lowest BCUT2D eigenvalue weighted by atomic mass is 10.1. The normalized spacial score (nSPS) is 13.8. The van der Waals surface area contributed by atoms with Crippen molar-refractivity contribution in [3.8, 4) is 12.3 Å². The van der Waals surface area contributed by atoms with Crippen molar-refractivity contribution < 1.29 is 4.43 Å². The average molecular weight is 281 g/mol. The first-order valence-corrected chi connectivity index (χ1v) is 10.3. The lowest BCUT2D eigenvalue weighted by molar-refractivity contribution is 0.220. The summed E-state index contributed by atoms with van der Waals surface area (Å²) in [6, 6.07) is 0. The van der Waals surface area contributed by atoms with Crippen LogP contribution in [0.15, 0.2) is 11.6 Å². The Morgan fingerprint density at radius 1 is 1.26 bits per heavy atom. The zero-order valence-corrected chi connectivity index (χ0v) is 15.0. The Morgan fingerprint density at radius 2 is 1.84 bits per heavy atom. The van der Waals surface area contributed by atoms with Gasteiger partial charge in [-0.3, -0.25) is 0 Å². The molecule has 0 N–H and O–H groups in total. The fourth-order valence-electron chi connectivity index (χ4n) is 1.57. The minimum absolute atomic E-state index is 0.00686. The molecule has 0 aromatic rings. The van der Waals surface area contributed by atoms with Crippen LogP contribution in [0, 0.1) is 12.3 Å². The molecule has 0 spiro atoms. The predicted molar refractivity (Wildman–Crippen MR) is 88.8 cm³/mol. The molecule has 0 amide bonds. The highest BCUT2D eigenvalue weighted by Crippen LogP contribution is 2.37. The number of hydrogen-bond acceptors (Lipinski definition) is 1. The molecule has 1 atom stereocenters. The van der Waals surface area contributed by atoms with Gasteiger partial charge in [0, 0.05) is 0 Å². The van der Waals surface area contributed by atoms with Gasteiger partial charge in [0.05, 0.1) is 0 Å². The first-order valence-electron chi connectivity index (χ1n) is 7.37. The first-order chi connectivity index (χ1) is 8.60. The molecule has 0 fully saturated rings. The summed E-state index contributed by atoms with van der Waals surface area (Å²) >= 11 is 0. The van der Waals surface area contributed by atoms with Gasteiger partial charge in [-0.1, -0.05) is 38.3 Å². The van der Waals surface area contributed by atoms with E-state index in [2.05, 4.69) is 59.7 Å². The van der Waals surface area contributed by atoms with Crippen molar-refractivity contribution in [3.05, 3.63) is 11.6 Å². The highest BCUT2D eigenvalue weighted by molar-refractivity contribution is 6.74. The SMILES string of the molecule is C#C[C@H](CCCCC=C(C)C)O[Si](C)(C)C(C)(C)C. The Kier molecular flexibility index (Phi) is 7.70. The maximum atomic E-state index is 6.27. The van der Waals surface area contributed by atoms with Crippen molar-refractivity contribution in [2.75, 3.05) is 0 Å². The molecule has 0 saturated heterocycles. The number of hydrogen-bond donors (Lipinski definition) is 0. The molecule has 0 unspecified atom stereocenters. The van der Waals surface area contributed by atoms with E-state index in [9.17, 15) is 0 Å². The summed E-state index contributed by atoms with van der Waals surface area (Å²) in [5, 5.41) is 0.226. The third-order valence-electron chi connectivity index (χ3n) is 3.90. The molecule has 0 bridgehead atoms. The van der Waals surface area contributed by atoms with Crippen molar-refractivity contribution >= 4 is 8.32 Å². The standard InChI is InChI=1S/C17H32OSi/c1-9-16(14-12-10-11-13-15(2)3)18-19(7,8)17(4,5)6/h1,13,16H,10-12,14H2,2-8H3/t16-/m1/s1. The van der Waals surface area contributed by atoms with Gasteiger partial charge in [-0.15, -0.1) is 6.42 Å². The van der Waals surface area contributed by atoms with Gasteiger partial charge in [-0.2, -0.15) is 0 Å². The molecule has 0 radical (unpaired) electrons. The topological polar surface area (TPSA) is 9.23 Å². The quantitative estimate of drug-likeness (QED) is 0.257. The fraction of sp³-hybridized carbons (Fsp3) is 0.765. The Morgan fingerprint density at radius 3 is 2.26 bits per heavy atom. The van der Waals surface area contributed by atoms with Crippen molar-refractivity contribution in [3.63, 3.8) is 0 Å². The smallest absolute Gasteiger partial charge is 0.193 e. The summed E-state index contributed by atoms with van der Waals surface area (Å²) in [5.41, 5.74) is 1.39. The second-order valence-corrected chi connectivity index (χ2v) is 11.9. The third kappa shape index (κ3) is 7.60. The first kappa shape index (κ1) is 18.5. The van der Waals surface area contributed by atoms with E-state index >= 15 is 0 Å². The molecule has 19 heavy (non-hydrogen) atoms. The highest BCUT2D eigenvalue weighted by atomic mass is 28.4. The van der Waals surface area contributed by atoms with Crippen LogP contribution in [0.1, 0.15) is 60.3 Å². The Balaban J connectivity index is 4.18. The van der Waals surface area contributed by atoms with E-state index in [4.69, 9.17) is 10.8 Å². The van der Waals surface area contributed by atoms with E-state index in [1.807, 2.05) is 0 Å². The Hall–Kier alpha value is -0.523. The highest BCUT2D eigenvalue weighted by Gasteiger charge is 2.38. The van der Waals surface area contributed by atoms with Gasteiger partial charge in [0.2, 0.25) is 0 Å². The van der Waals surface area contributed by atoms with Crippen LogP contribution in [0.3, 0.4) is 0 Å². The second-order valence-electron chi connectivity index (χ2n) is 7.10. The fourth-order valence-corrected chi connectivity index (χ4v) is 2.82. The number of terminal acetylenes is 1. The van der Waals surface area contributed by atoms with Crippen molar-refractivity contribution in [2.45, 2.75) is 84.5 Å². The summed E-state index contributed by atoms with van der Waals surface area (Å²) in [5.74, 6) is 2.83. The summed E-state index contributed by atoms with van der Waals surface area (Å²) < 4.78 is 6.27. The van der Waals surface area contributed by atoms with Crippen LogP contribution < -0.4 is 0 Å². The van der Waals surface area contributed by atoms with Crippen LogP contribution in [0.25, 0.3) is 0 Å². The molecule has 0 aromatic heterocycles. The monoisotopic (exact) mass is 280 g/mol. The molecule has 0 rings (SSSR count). The molecule has 0 saturated carbocycles. The van der Waals surface area contributed by atoms with E-state index in [1.54, 1.807) is 0 Å². The average Bonchev–Trinajstić information content (AvgIpc) is 2.24. The van der Waals surface area contributed by atoms with Crippen LogP contribution in [0.4, 0.5) is 0 Å². The van der Waals surface area contributed by atoms with Gasteiger partial charge in [0.1, 0.15) is 6.10 Å². The van der Waals surface area contributed by atoms with Gasteiger partial charge in [0.15, 0.2) is 8.32 Å². The van der Waals surface area contributed by atoms with Gasteiger partial charge in [-0.05, 0) is 57.7 Å². The lowest BCUT2D eigenvalue weighted by Crippen LogP contribution is -2.43. The minimum Gasteiger partial charge on any atom is -0.403 e. The third-order valence-corrected chi connectivity index (χ3v) is 8.39. The molecular formula is C17H32OSi. The maximum absolute atomic E-state index is 6.27. The van der Waals surface area contributed by atoms with Gasteiger partial charge < -0.3 is 4.43 Å². The lowest BCUT2D eigenvalue weighted by Gasteiger charge is -2.38. The molecule has 0 aliphatic rings. The molecule has 2 heteroatoms. The van der Waals surface area contributed by atoms with Crippen molar-refractivity contribution in [1.82, 2.24) is 0 Å². The summed E-state index contributed by atoms with van der Waals surface area (Å²) in [7, 11) is -1.73. The molecule has 0 aliphatic carbocycles.